The Bertz CT molecular complexity index is 627. The molecule has 20 heavy (non-hydrogen) atoms. The van der Waals surface area contributed by atoms with E-state index in [2.05, 4.69) is 15.2 Å². The first-order valence-corrected chi connectivity index (χ1v) is 6.32. The van der Waals surface area contributed by atoms with Crippen molar-refractivity contribution in [3.63, 3.8) is 0 Å². The summed E-state index contributed by atoms with van der Waals surface area (Å²) < 4.78 is 5.13. The second-order valence-electron chi connectivity index (χ2n) is 5.23. The third-order valence-corrected chi connectivity index (χ3v) is 3.26. The van der Waals surface area contributed by atoms with Gasteiger partial charge in [-0.05, 0) is 26.0 Å². The van der Waals surface area contributed by atoms with Crippen LogP contribution in [0, 0.1) is 0 Å². The molecule has 0 atom stereocenters. The van der Waals surface area contributed by atoms with E-state index in [0.29, 0.717) is 17.6 Å². The van der Waals surface area contributed by atoms with Gasteiger partial charge in [-0.1, -0.05) is 12.1 Å². The monoisotopic (exact) mass is 274 g/mol. The fraction of sp³-hybridized carbons (Fsp3) is 0.429. The van der Waals surface area contributed by atoms with Gasteiger partial charge >= 0.3 is 0 Å². The minimum Gasteiger partial charge on any atom is -0.382 e. The molecular formula is C14H18N4O2. The molecule has 1 aromatic heterocycles. The van der Waals surface area contributed by atoms with Crippen LogP contribution >= 0.6 is 0 Å². The van der Waals surface area contributed by atoms with Gasteiger partial charge in [0.2, 0.25) is 5.82 Å². The lowest BCUT2D eigenvalue weighted by molar-refractivity contribution is 0.0356. The van der Waals surface area contributed by atoms with Crippen molar-refractivity contribution in [1.82, 2.24) is 20.1 Å². The fourth-order valence-electron chi connectivity index (χ4n) is 1.85. The van der Waals surface area contributed by atoms with Crippen LogP contribution in [0.3, 0.4) is 0 Å². The molecule has 2 aromatic rings. The number of ether oxygens (including phenoxy) is 1. The predicted molar refractivity (Wildman–Crippen MR) is 75.4 cm³/mol. The number of nitrogens with zero attached hydrogens (tertiary/aromatic N) is 4. The van der Waals surface area contributed by atoms with Gasteiger partial charge in [-0.2, -0.15) is 0 Å². The number of hydrogen-bond acceptors (Lipinski definition) is 5. The number of methoxy groups -OCH3 is 1. The van der Waals surface area contributed by atoms with E-state index in [9.17, 15) is 4.79 Å². The SMILES string of the molecule is COCC(C)(C)N(C)C(=O)c1nnc2ccccc2n1. The smallest absolute Gasteiger partial charge is 0.293 e. The number of amides is 1. The molecule has 0 aliphatic heterocycles. The molecule has 1 heterocycles. The molecule has 0 unspecified atom stereocenters. The van der Waals surface area contributed by atoms with E-state index in [-0.39, 0.29) is 11.7 Å². The first kappa shape index (κ1) is 14.3. The summed E-state index contributed by atoms with van der Waals surface area (Å²) in [6, 6.07) is 7.32. The van der Waals surface area contributed by atoms with Crippen molar-refractivity contribution in [2.45, 2.75) is 19.4 Å². The van der Waals surface area contributed by atoms with Crippen molar-refractivity contribution in [2.24, 2.45) is 0 Å². The highest BCUT2D eigenvalue weighted by molar-refractivity contribution is 5.92. The zero-order valence-electron chi connectivity index (χ0n) is 12.1. The molecule has 0 radical (unpaired) electrons. The molecule has 0 spiro atoms. The molecule has 0 N–H and O–H groups in total. The minimum absolute atomic E-state index is 0.0929. The number of benzene rings is 1. The van der Waals surface area contributed by atoms with Gasteiger partial charge in [-0.3, -0.25) is 4.79 Å². The number of carbonyl (C=O) groups is 1. The van der Waals surface area contributed by atoms with Crippen molar-refractivity contribution < 1.29 is 9.53 Å². The summed E-state index contributed by atoms with van der Waals surface area (Å²) in [5.41, 5.74) is 0.882. The summed E-state index contributed by atoms with van der Waals surface area (Å²) in [4.78, 5) is 18.3. The number of rotatable bonds is 4. The lowest BCUT2D eigenvalue weighted by Crippen LogP contribution is -2.48. The van der Waals surface area contributed by atoms with E-state index < -0.39 is 5.54 Å². The van der Waals surface area contributed by atoms with Crippen molar-refractivity contribution in [3.05, 3.63) is 30.1 Å². The molecule has 0 aliphatic rings. The van der Waals surface area contributed by atoms with Crippen molar-refractivity contribution in [1.29, 1.82) is 0 Å². The number of para-hydroxylation sites is 1. The van der Waals surface area contributed by atoms with Gasteiger partial charge in [-0.25, -0.2) is 4.98 Å². The Hall–Kier alpha value is -2.08. The van der Waals surface area contributed by atoms with Crippen LogP contribution in [-0.4, -0.2) is 52.3 Å². The van der Waals surface area contributed by atoms with Gasteiger partial charge in [0.1, 0.15) is 5.52 Å². The van der Waals surface area contributed by atoms with Gasteiger partial charge in [0, 0.05) is 14.2 Å². The van der Waals surface area contributed by atoms with Crippen molar-refractivity contribution in [2.75, 3.05) is 20.8 Å². The summed E-state index contributed by atoms with van der Waals surface area (Å²) in [6.07, 6.45) is 0. The highest BCUT2D eigenvalue weighted by atomic mass is 16.5. The molecule has 0 saturated heterocycles. The normalized spacial score (nSPS) is 11.6. The van der Waals surface area contributed by atoms with Crippen LogP contribution in [0.15, 0.2) is 24.3 Å². The number of likely N-dealkylation sites (N-methyl/N-ethyl adjacent to an activating group) is 1. The van der Waals surface area contributed by atoms with Crippen molar-refractivity contribution >= 4 is 16.9 Å². The Kier molecular flexibility index (Phi) is 3.94. The molecule has 6 heteroatoms. The molecule has 6 nitrogen and oxygen atoms in total. The topological polar surface area (TPSA) is 68.2 Å². The van der Waals surface area contributed by atoms with Gasteiger partial charge in [0.25, 0.3) is 5.91 Å². The van der Waals surface area contributed by atoms with Gasteiger partial charge < -0.3 is 9.64 Å². The molecule has 1 amide bonds. The molecule has 106 valence electrons. The Morgan fingerprint density at radius 3 is 2.55 bits per heavy atom. The average molecular weight is 274 g/mol. The lowest BCUT2D eigenvalue weighted by atomic mass is 10.1. The van der Waals surface area contributed by atoms with Crippen LogP contribution in [0.4, 0.5) is 0 Å². The zero-order valence-corrected chi connectivity index (χ0v) is 12.1. The minimum atomic E-state index is -0.444. The van der Waals surface area contributed by atoms with E-state index in [0.717, 1.165) is 0 Å². The van der Waals surface area contributed by atoms with E-state index in [1.54, 1.807) is 25.1 Å². The van der Waals surface area contributed by atoms with E-state index in [4.69, 9.17) is 4.74 Å². The second kappa shape index (κ2) is 5.50. The largest absolute Gasteiger partial charge is 0.382 e. The van der Waals surface area contributed by atoms with Gasteiger partial charge in [-0.15, -0.1) is 10.2 Å². The molecule has 0 saturated carbocycles. The van der Waals surface area contributed by atoms with Gasteiger partial charge in [0.05, 0.1) is 17.7 Å². The maximum Gasteiger partial charge on any atom is 0.293 e. The number of hydrogen-bond donors (Lipinski definition) is 0. The summed E-state index contributed by atoms with van der Waals surface area (Å²) in [7, 11) is 3.31. The molecule has 0 aliphatic carbocycles. The maximum absolute atomic E-state index is 12.4. The summed E-state index contributed by atoms with van der Waals surface area (Å²) in [5, 5.41) is 7.93. The van der Waals surface area contributed by atoms with E-state index in [1.807, 2.05) is 32.0 Å². The first-order chi connectivity index (χ1) is 9.45. The van der Waals surface area contributed by atoms with Crippen LogP contribution in [0.1, 0.15) is 24.5 Å². The third kappa shape index (κ3) is 2.75. The third-order valence-electron chi connectivity index (χ3n) is 3.26. The molecule has 0 bridgehead atoms. The summed E-state index contributed by atoms with van der Waals surface area (Å²) in [6.45, 7) is 4.27. The van der Waals surface area contributed by atoms with Crippen LogP contribution in [0.5, 0.6) is 0 Å². The molecular weight excluding hydrogens is 256 g/mol. The number of aromatic nitrogens is 3. The maximum atomic E-state index is 12.4. The summed E-state index contributed by atoms with van der Waals surface area (Å²) >= 11 is 0. The average Bonchev–Trinajstić information content (AvgIpc) is 2.45. The molecule has 1 aromatic carbocycles. The zero-order chi connectivity index (χ0) is 14.8. The second-order valence-corrected chi connectivity index (χ2v) is 5.23. The summed E-state index contributed by atoms with van der Waals surface area (Å²) in [5.74, 6) is -0.180. The fourth-order valence-corrected chi connectivity index (χ4v) is 1.85. The number of carbonyl (C=O) groups excluding carboxylic acids is 1. The highest BCUT2D eigenvalue weighted by Crippen LogP contribution is 2.15. The van der Waals surface area contributed by atoms with Crippen molar-refractivity contribution in [3.8, 4) is 0 Å². The van der Waals surface area contributed by atoms with E-state index >= 15 is 0 Å². The van der Waals surface area contributed by atoms with Crippen LogP contribution in [-0.2, 0) is 4.74 Å². The quantitative estimate of drug-likeness (QED) is 0.845. The highest BCUT2D eigenvalue weighted by Gasteiger charge is 2.30. The Morgan fingerprint density at radius 1 is 1.25 bits per heavy atom. The first-order valence-electron chi connectivity index (χ1n) is 6.32. The van der Waals surface area contributed by atoms with Gasteiger partial charge in [0.15, 0.2) is 0 Å². The van der Waals surface area contributed by atoms with Crippen LogP contribution in [0.25, 0.3) is 11.0 Å². The Morgan fingerprint density at radius 2 is 1.90 bits per heavy atom. The van der Waals surface area contributed by atoms with Crippen LogP contribution in [0.2, 0.25) is 0 Å². The lowest BCUT2D eigenvalue weighted by Gasteiger charge is -2.34. The molecule has 0 fully saturated rings. The van der Waals surface area contributed by atoms with E-state index in [1.165, 1.54) is 0 Å². The Balaban J connectivity index is 2.31. The predicted octanol–water partition coefficient (Wildman–Crippen LogP) is 1.52. The Labute approximate surface area is 117 Å². The number of fused-ring (bicyclic) bond motifs is 1. The standard InChI is InChI=1S/C14H18N4O2/c1-14(2,9-20-4)18(3)13(19)12-15-10-7-5-6-8-11(10)16-17-12/h5-8H,9H2,1-4H3. The molecule has 2 rings (SSSR count). The van der Waals surface area contributed by atoms with Crippen LogP contribution < -0.4 is 0 Å².